The Morgan fingerprint density at radius 1 is 1.14 bits per heavy atom. The van der Waals surface area contributed by atoms with Crippen LogP contribution >= 0.6 is 12.2 Å². The van der Waals surface area contributed by atoms with Gasteiger partial charge in [-0.25, -0.2) is 0 Å². The van der Waals surface area contributed by atoms with E-state index < -0.39 is 17.9 Å². The Kier molecular flexibility index (Phi) is 9.19. The van der Waals surface area contributed by atoms with Gasteiger partial charge in [0, 0.05) is 19.2 Å². The van der Waals surface area contributed by atoms with E-state index in [0.29, 0.717) is 24.6 Å². The van der Waals surface area contributed by atoms with Crippen LogP contribution in [0.1, 0.15) is 17.5 Å². The van der Waals surface area contributed by atoms with E-state index in [9.17, 15) is 14.4 Å². The SMILES string of the molecule is COc1ccc(/C=C/C(=O)NC(=S)N2CCNC(=O)C2CC(=O)OCc2ccccc2)cc1OC. The minimum atomic E-state index is -0.880. The largest absolute Gasteiger partial charge is 0.493 e. The normalized spacial score (nSPS) is 15.3. The molecule has 0 spiro atoms. The van der Waals surface area contributed by atoms with E-state index in [1.165, 1.54) is 18.1 Å². The van der Waals surface area contributed by atoms with Crippen molar-refractivity contribution in [1.29, 1.82) is 0 Å². The van der Waals surface area contributed by atoms with Crippen LogP contribution in [-0.2, 0) is 25.7 Å². The Labute approximate surface area is 209 Å². The molecule has 1 aliphatic rings. The van der Waals surface area contributed by atoms with Gasteiger partial charge in [-0.15, -0.1) is 0 Å². The van der Waals surface area contributed by atoms with Crippen molar-refractivity contribution in [3.05, 3.63) is 65.7 Å². The number of carbonyl (C=O) groups excluding carboxylic acids is 3. The Morgan fingerprint density at radius 2 is 1.89 bits per heavy atom. The molecule has 0 aliphatic carbocycles. The summed E-state index contributed by atoms with van der Waals surface area (Å²) >= 11 is 5.37. The number of ether oxygens (including phenoxy) is 3. The number of nitrogens with zero attached hydrogens (tertiary/aromatic N) is 1. The molecule has 1 atom stereocenters. The summed E-state index contributed by atoms with van der Waals surface area (Å²) in [6.07, 6.45) is 2.72. The quantitative estimate of drug-likeness (QED) is 0.324. The Morgan fingerprint density at radius 3 is 2.60 bits per heavy atom. The van der Waals surface area contributed by atoms with Gasteiger partial charge in [-0.3, -0.25) is 19.7 Å². The predicted octanol–water partition coefficient (Wildman–Crippen LogP) is 2.05. The Hall–Kier alpha value is -3.92. The van der Waals surface area contributed by atoms with Crippen LogP contribution in [0.4, 0.5) is 0 Å². The zero-order chi connectivity index (χ0) is 25.2. The number of esters is 1. The number of thiocarbonyl (C=S) groups is 1. The van der Waals surface area contributed by atoms with Crippen LogP contribution in [0, 0.1) is 0 Å². The highest BCUT2D eigenvalue weighted by molar-refractivity contribution is 7.80. The molecule has 1 fully saturated rings. The van der Waals surface area contributed by atoms with E-state index in [1.54, 1.807) is 31.4 Å². The summed E-state index contributed by atoms with van der Waals surface area (Å²) in [5, 5.41) is 5.37. The summed E-state index contributed by atoms with van der Waals surface area (Å²) in [4.78, 5) is 38.8. The first kappa shape index (κ1) is 25.7. The molecular weight excluding hydrogens is 470 g/mol. The Balaban J connectivity index is 1.58. The monoisotopic (exact) mass is 497 g/mol. The number of hydrogen-bond donors (Lipinski definition) is 2. The van der Waals surface area contributed by atoms with Crippen LogP contribution in [-0.4, -0.2) is 61.1 Å². The second-order valence-corrected chi connectivity index (χ2v) is 7.98. The number of nitrogens with one attached hydrogen (secondary N) is 2. The average Bonchev–Trinajstić information content (AvgIpc) is 2.87. The van der Waals surface area contributed by atoms with Gasteiger partial charge in [0.1, 0.15) is 12.6 Å². The number of hydrogen-bond acceptors (Lipinski definition) is 7. The van der Waals surface area contributed by atoms with E-state index in [-0.39, 0.29) is 24.0 Å². The molecular formula is C25H27N3O6S. The summed E-state index contributed by atoms with van der Waals surface area (Å²) in [5.41, 5.74) is 1.56. The summed E-state index contributed by atoms with van der Waals surface area (Å²) in [6, 6.07) is 13.6. The third kappa shape index (κ3) is 7.28. The van der Waals surface area contributed by atoms with Gasteiger partial charge >= 0.3 is 5.97 Å². The van der Waals surface area contributed by atoms with Crippen LogP contribution in [0.25, 0.3) is 6.08 Å². The number of rotatable bonds is 8. The molecule has 184 valence electrons. The fraction of sp³-hybridized carbons (Fsp3) is 0.280. The lowest BCUT2D eigenvalue weighted by molar-refractivity contribution is -0.148. The van der Waals surface area contributed by atoms with Gasteiger partial charge in [-0.2, -0.15) is 0 Å². The zero-order valence-corrected chi connectivity index (χ0v) is 20.3. The molecule has 0 bridgehead atoms. The topological polar surface area (TPSA) is 106 Å². The summed E-state index contributed by atoms with van der Waals surface area (Å²) in [6.45, 7) is 0.795. The van der Waals surface area contributed by atoms with Gasteiger partial charge in [0.2, 0.25) is 11.8 Å². The molecule has 10 heteroatoms. The van der Waals surface area contributed by atoms with Crippen molar-refractivity contribution in [3.63, 3.8) is 0 Å². The van der Waals surface area contributed by atoms with Crippen molar-refractivity contribution in [1.82, 2.24) is 15.5 Å². The van der Waals surface area contributed by atoms with Gasteiger partial charge in [-0.05, 0) is 41.6 Å². The molecule has 0 saturated carbocycles. The maximum atomic E-state index is 12.5. The highest BCUT2D eigenvalue weighted by atomic mass is 32.1. The van der Waals surface area contributed by atoms with Crippen molar-refractivity contribution in [2.75, 3.05) is 27.3 Å². The second-order valence-electron chi connectivity index (χ2n) is 7.59. The molecule has 2 amide bonds. The molecule has 0 radical (unpaired) electrons. The summed E-state index contributed by atoms with van der Waals surface area (Å²) < 4.78 is 15.8. The van der Waals surface area contributed by atoms with Gasteiger partial charge < -0.3 is 24.4 Å². The van der Waals surface area contributed by atoms with Crippen LogP contribution in [0.3, 0.4) is 0 Å². The fourth-order valence-electron chi connectivity index (χ4n) is 3.46. The lowest BCUT2D eigenvalue weighted by atomic mass is 10.1. The molecule has 2 aromatic rings. The molecule has 1 heterocycles. The first-order valence-corrected chi connectivity index (χ1v) is 11.3. The van der Waals surface area contributed by atoms with Crippen molar-refractivity contribution in [3.8, 4) is 11.5 Å². The molecule has 1 unspecified atom stereocenters. The first-order chi connectivity index (χ1) is 16.9. The lowest BCUT2D eigenvalue weighted by Gasteiger charge is -2.36. The van der Waals surface area contributed by atoms with E-state index in [4.69, 9.17) is 26.4 Å². The number of piperazine rings is 1. The molecule has 35 heavy (non-hydrogen) atoms. The standard InChI is InChI=1S/C25H27N3O6S/c1-32-20-10-8-17(14-21(20)33-2)9-11-22(29)27-25(35)28-13-12-26-24(31)19(28)15-23(30)34-16-18-6-4-3-5-7-18/h3-11,14,19H,12-13,15-16H2,1-2H3,(H,26,31)(H,27,29,35)/b11-9+. The number of benzene rings is 2. The maximum Gasteiger partial charge on any atom is 0.308 e. The highest BCUT2D eigenvalue weighted by Gasteiger charge is 2.34. The van der Waals surface area contributed by atoms with Crippen molar-refractivity contribution in [2.45, 2.75) is 19.1 Å². The second kappa shape index (κ2) is 12.5. The summed E-state index contributed by atoms with van der Waals surface area (Å²) in [7, 11) is 3.07. The molecule has 2 aromatic carbocycles. The van der Waals surface area contributed by atoms with Gasteiger partial charge in [0.15, 0.2) is 16.6 Å². The van der Waals surface area contributed by atoms with E-state index >= 15 is 0 Å². The van der Waals surface area contributed by atoms with E-state index in [0.717, 1.165) is 11.1 Å². The van der Waals surface area contributed by atoms with Crippen LogP contribution in [0.5, 0.6) is 11.5 Å². The smallest absolute Gasteiger partial charge is 0.308 e. The lowest BCUT2D eigenvalue weighted by Crippen LogP contribution is -2.60. The zero-order valence-electron chi connectivity index (χ0n) is 19.5. The van der Waals surface area contributed by atoms with Crippen LogP contribution in [0.2, 0.25) is 0 Å². The molecule has 0 aromatic heterocycles. The minimum Gasteiger partial charge on any atom is -0.493 e. The number of methoxy groups -OCH3 is 2. The highest BCUT2D eigenvalue weighted by Crippen LogP contribution is 2.27. The molecule has 1 aliphatic heterocycles. The average molecular weight is 498 g/mol. The third-order valence-electron chi connectivity index (χ3n) is 5.26. The van der Waals surface area contributed by atoms with Gasteiger partial charge in [0.25, 0.3) is 0 Å². The van der Waals surface area contributed by atoms with Gasteiger partial charge in [-0.1, -0.05) is 36.4 Å². The third-order valence-corrected chi connectivity index (χ3v) is 5.60. The number of amides is 2. The molecule has 1 saturated heterocycles. The van der Waals surface area contributed by atoms with E-state index in [1.807, 2.05) is 30.3 Å². The van der Waals surface area contributed by atoms with Crippen molar-refractivity contribution < 1.29 is 28.6 Å². The van der Waals surface area contributed by atoms with Crippen LogP contribution < -0.4 is 20.1 Å². The molecule has 9 nitrogen and oxygen atoms in total. The summed E-state index contributed by atoms with van der Waals surface area (Å²) in [5.74, 6) is -0.256. The predicted molar refractivity (Wildman–Crippen MR) is 134 cm³/mol. The fourth-order valence-corrected chi connectivity index (χ4v) is 3.78. The van der Waals surface area contributed by atoms with Gasteiger partial charge in [0.05, 0.1) is 20.6 Å². The molecule has 3 rings (SSSR count). The first-order valence-electron chi connectivity index (χ1n) is 10.9. The van der Waals surface area contributed by atoms with Crippen molar-refractivity contribution >= 4 is 41.2 Å². The maximum absolute atomic E-state index is 12.5. The molecule has 2 N–H and O–H groups in total. The Bertz CT molecular complexity index is 1110. The number of carbonyl (C=O) groups is 3. The van der Waals surface area contributed by atoms with Crippen molar-refractivity contribution in [2.24, 2.45) is 0 Å². The van der Waals surface area contributed by atoms with E-state index in [2.05, 4.69) is 10.6 Å². The van der Waals surface area contributed by atoms with Crippen LogP contribution in [0.15, 0.2) is 54.6 Å². The minimum absolute atomic E-state index is 0.0580.